The van der Waals surface area contributed by atoms with Gasteiger partial charge in [0.25, 0.3) is 0 Å². The molecule has 2 aromatic carbocycles. The largest absolute Gasteiger partial charge is 0.497 e. The molecule has 2 aromatic rings. The first-order chi connectivity index (χ1) is 9.10. The fourth-order valence-corrected chi connectivity index (χ4v) is 1.97. The Morgan fingerprint density at radius 2 is 1.95 bits per heavy atom. The van der Waals surface area contributed by atoms with Crippen molar-refractivity contribution in [2.75, 3.05) is 12.4 Å². The lowest BCUT2D eigenvalue weighted by Gasteiger charge is -2.11. The first kappa shape index (κ1) is 14.0. The summed E-state index contributed by atoms with van der Waals surface area (Å²) >= 11 is 11.8. The lowest BCUT2D eigenvalue weighted by molar-refractivity contribution is 0.415. The summed E-state index contributed by atoms with van der Waals surface area (Å²) in [6.07, 6.45) is 0. The first-order valence-electron chi connectivity index (χ1n) is 5.61. The second-order valence-corrected chi connectivity index (χ2v) is 4.78. The summed E-state index contributed by atoms with van der Waals surface area (Å²) in [5.74, 6) is 0.336. The van der Waals surface area contributed by atoms with Crippen molar-refractivity contribution in [3.8, 4) is 5.75 Å². The third kappa shape index (κ3) is 3.52. The molecule has 0 aliphatic heterocycles. The maximum absolute atomic E-state index is 13.6. The van der Waals surface area contributed by atoms with Crippen LogP contribution >= 0.6 is 23.2 Å². The predicted octanol–water partition coefficient (Wildman–Crippen LogP) is 4.75. The van der Waals surface area contributed by atoms with E-state index in [0.29, 0.717) is 33.6 Å². The van der Waals surface area contributed by atoms with E-state index in [2.05, 4.69) is 5.32 Å². The number of ether oxygens (including phenoxy) is 1. The molecule has 0 aromatic heterocycles. The maximum atomic E-state index is 13.6. The van der Waals surface area contributed by atoms with E-state index in [-0.39, 0.29) is 5.82 Å². The van der Waals surface area contributed by atoms with Crippen LogP contribution in [0, 0.1) is 5.82 Å². The Hall–Kier alpha value is -1.45. The molecule has 1 N–H and O–H groups in total. The first-order valence-corrected chi connectivity index (χ1v) is 6.37. The van der Waals surface area contributed by atoms with Gasteiger partial charge in [-0.2, -0.15) is 0 Å². The van der Waals surface area contributed by atoms with Gasteiger partial charge in [0.1, 0.15) is 11.6 Å². The van der Waals surface area contributed by atoms with Crippen LogP contribution in [-0.4, -0.2) is 7.11 Å². The van der Waals surface area contributed by atoms with Gasteiger partial charge in [0, 0.05) is 23.2 Å². The third-order valence-electron chi connectivity index (χ3n) is 2.66. The van der Waals surface area contributed by atoms with Crippen molar-refractivity contribution >= 4 is 28.9 Å². The van der Waals surface area contributed by atoms with E-state index in [1.54, 1.807) is 37.4 Å². The molecule has 100 valence electrons. The number of methoxy groups -OCH3 is 1. The topological polar surface area (TPSA) is 21.3 Å². The van der Waals surface area contributed by atoms with Crippen LogP contribution in [0.25, 0.3) is 0 Å². The van der Waals surface area contributed by atoms with Crippen LogP contribution in [0.2, 0.25) is 10.0 Å². The van der Waals surface area contributed by atoms with Gasteiger partial charge in [0.15, 0.2) is 0 Å². The lowest BCUT2D eigenvalue weighted by Crippen LogP contribution is -2.02. The van der Waals surface area contributed by atoms with E-state index in [1.807, 2.05) is 0 Å². The molecular formula is C14H12Cl2FNO. The smallest absolute Gasteiger partial charge is 0.129 e. The summed E-state index contributed by atoms with van der Waals surface area (Å²) in [5, 5.41) is 4.00. The molecule has 0 saturated heterocycles. The van der Waals surface area contributed by atoms with Gasteiger partial charge in [-0.05, 0) is 24.3 Å². The van der Waals surface area contributed by atoms with Crippen LogP contribution in [0.5, 0.6) is 5.75 Å². The molecular weight excluding hydrogens is 288 g/mol. The monoisotopic (exact) mass is 299 g/mol. The van der Waals surface area contributed by atoms with Crippen molar-refractivity contribution in [1.29, 1.82) is 0 Å². The normalized spacial score (nSPS) is 10.3. The average molecular weight is 300 g/mol. The highest BCUT2D eigenvalue weighted by molar-refractivity contribution is 6.33. The van der Waals surface area contributed by atoms with E-state index in [1.165, 1.54) is 6.07 Å². The molecule has 2 rings (SSSR count). The summed E-state index contributed by atoms with van der Waals surface area (Å²) in [6.45, 7) is 0.315. The van der Waals surface area contributed by atoms with Crippen molar-refractivity contribution in [1.82, 2.24) is 0 Å². The molecule has 0 aliphatic carbocycles. The van der Waals surface area contributed by atoms with Gasteiger partial charge in [0.2, 0.25) is 0 Å². The fraction of sp³-hybridized carbons (Fsp3) is 0.143. The van der Waals surface area contributed by atoms with E-state index in [9.17, 15) is 4.39 Å². The molecule has 0 fully saturated rings. The maximum Gasteiger partial charge on any atom is 0.129 e. The SMILES string of the molecule is COc1ccc(Cl)c(NCc2ccc(Cl)cc2F)c1. The van der Waals surface area contributed by atoms with Gasteiger partial charge in [-0.3, -0.25) is 0 Å². The van der Waals surface area contributed by atoms with E-state index in [0.717, 1.165) is 0 Å². The summed E-state index contributed by atoms with van der Waals surface area (Å²) in [4.78, 5) is 0. The summed E-state index contributed by atoms with van der Waals surface area (Å²) < 4.78 is 18.7. The quantitative estimate of drug-likeness (QED) is 0.879. The molecule has 0 amide bonds. The van der Waals surface area contributed by atoms with Gasteiger partial charge < -0.3 is 10.1 Å². The fourth-order valence-electron chi connectivity index (χ4n) is 1.62. The molecule has 19 heavy (non-hydrogen) atoms. The van der Waals surface area contributed by atoms with Crippen LogP contribution in [-0.2, 0) is 6.54 Å². The van der Waals surface area contributed by atoms with Crippen LogP contribution in [0.4, 0.5) is 10.1 Å². The molecule has 2 nitrogen and oxygen atoms in total. The molecule has 0 atom stereocenters. The zero-order valence-electron chi connectivity index (χ0n) is 10.2. The highest BCUT2D eigenvalue weighted by Crippen LogP contribution is 2.27. The molecule has 0 heterocycles. The van der Waals surface area contributed by atoms with Gasteiger partial charge in [-0.15, -0.1) is 0 Å². The Kier molecular flexibility index (Phi) is 4.51. The zero-order valence-corrected chi connectivity index (χ0v) is 11.7. The minimum Gasteiger partial charge on any atom is -0.497 e. The molecule has 0 radical (unpaired) electrons. The molecule has 5 heteroatoms. The van der Waals surface area contributed by atoms with Crippen molar-refractivity contribution < 1.29 is 9.13 Å². The number of nitrogens with one attached hydrogen (secondary N) is 1. The number of benzene rings is 2. The van der Waals surface area contributed by atoms with Crippen LogP contribution in [0.3, 0.4) is 0 Å². The second kappa shape index (κ2) is 6.13. The van der Waals surface area contributed by atoms with Gasteiger partial charge in [0.05, 0.1) is 17.8 Å². The van der Waals surface area contributed by atoms with Crippen molar-refractivity contribution in [3.63, 3.8) is 0 Å². The number of rotatable bonds is 4. The van der Waals surface area contributed by atoms with E-state index >= 15 is 0 Å². The highest BCUT2D eigenvalue weighted by atomic mass is 35.5. The lowest BCUT2D eigenvalue weighted by atomic mass is 10.2. The Labute approximate surface area is 121 Å². The number of hydrogen-bond acceptors (Lipinski definition) is 2. The predicted molar refractivity (Wildman–Crippen MR) is 76.7 cm³/mol. The summed E-state index contributed by atoms with van der Waals surface area (Å²) in [7, 11) is 1.58. The minimum absolute atomic E-state index is 0.315. The van der Waals surface area contributed by atoms with Gasteiger partial charge in [-0.25, -0.2) is 4.39 Å². The molecule has 0 unspecified atom stereocenters. The molecule has 0 aliphatic rings. The van der Waals surface area contributed by atoms with Crippen LogP contribution in [0.15, 0.2) is 36.4 Å². The van der Waals surface area contributed by atoms with Crippen molar-refractivity contribution in [2.45, 2.75) is 6.54 Å². The number of hydrogen-bond donors (Lipinski definition) is 1. The Morgan fingerprint density at radius 3 is 2.63 bits per heavy atom. The number of anilines is 1. The Balaban J connectivity index is 2.14. The van der Waals surface area contributed by atoms with Crippen molar-refractivity contribution in [2.24, 2.45) is 0 Å². The highest BCUT2D eigenvalue weighted by Gasteiger charge is 2.05. The summed E-state index contributed by atoms with van der Waals surface area (Å²) in [5.41, 5.74) is 1.21. The average Bonchev–Trinajstić information content (AvgIpc) is 2.39. The molecule has 0 bridgehead atoms. The van der Waals surface area contributed by atoms with Crippen LogP contribution in [0.1, 0.15) is 5.56 Å². The molecule has 0 saturated carbocycles. The number of halogens is 3. The standard InChI is InChI=1S/C14H12Cl2FNO/c1-19-11-4-5-12(16)14(7-11)18-8-9-2-3-10(15)6-13(9)17/h2-7,18H,8H2,1H3. The van der Waals surface area contributed by atoms with Gasteiger partial charge in [-0.1, -0.05) is 29.3 Å². The van der Waals surface area contributed by atoms with Crippen molar-refractivity contribution in [3.05, 3.63) is 57.8 Å². The Bertz CT molecular complexity index is 590. The Morgan fingerprint density at radius 1 is 1.16 bits per heavy atom. The minimum atomic E-state index is -0.348. The van der Waals surface area contributed by atoms with E-state index < -0.39 is 0 Å². The second-order valence-electron chi connectivity index (χ2n) is 3.94. The van der Waals surface area contributed by atoms with E-state index in [4.69, 9.17) is 27.9 Å². The third-order valence-corrected chi connectivity index (χ3v) is 3.22. The van der Waals surface area contributed by atoms with Crippen LogP contribution < -0.4 is 10.1 Å². The van der Waals surface area contributed by atoms with Gasteiger partial charge >= 0.3 is 0 Å². The zero-order chi connectivity index (χ0) is 13.8. The summed E-state index contributed by atoms with van der Waals surface area (Å²) in [6, 6.07) is 9.81. The molecule has 0 spiro atoms.